The molecule has 5 heteroatoms. The Morgan fingerprint density at radius 3 is 3.00 bits per heavy atom. The molecular weight excluding hydrogens is 218 g/mol. The van der Waals surface area contributed by atoms with Gasteiger partial charge in [-0.3, -0.25) is 9.79 Å². The van der Waals surface area contributed by atoms with Gasteiger partial charge in [0, 0.05) is 13.1 Å². The van der Waals surface area contributed by atoms with Crippen LogP contribution in [0.4, 0.5) is 0 Å². The Hall–Kier alpha value is -2.04. The van der Waals surface area contributed by atoms with E-state index in [4.69, 9.17) is 10.5 Å². The molecule has 17 heavy (non-hydrogen) atoms. The van der Waals surface area contributed by atoms with Crippen molar-refractivity contribution in [2.24, 2.45) is 10.7 Å². The molecule has 3 N–H and O–H groups in total. The van der Waals surface area contributed by atoms with Gasteiger partial charge in [0.15, 0.2) is 6.61 Å². The van der Waals surface area contributed by atoms with Crippen LogP contribution in [-0.4, -0.2) is 31.4 Å². The number of benzene rings is 1. The van der Waals surface area contributed by atoms with Crippen LogP contribution in [-0.2, 0) is 4.79 Å². The highest BCUT2D eigenvalue weighted by Gasteiger charge is 2.12. The molecule has 5 nitrogen and oxygen atoms in total. The highest BCUT2D eigenvalue weighted by molar-refractivity contribution is 6.01. The van der Waals surface area contributed by atoms with Crippen molar-refractivity contribution in [2.45, 2.75) is 6.42 Å². The fraction of sp³-hybridized carbons (Fsp3) is 0.333. The van der Waals surface area contributed by atoms with Gasteiger partial charge in [0.05, 0.1) is 5.56 Å². The molecule has 0 aromatic heterocycles. The number of amidine groups is 1. The van der Waals surface area contributed by atoms with Crippen LogP contribution in [0.25, 0.3) is 0 Å². The first kappa shape index (κ1) is 11.4. The summed E-state index contributed by atoms with van der Waals surface area (Å²) in [5, 5.41) is 3.22. The van der Waals surface area contributed by atoms with Gasteiger partial charge in [0.1, 0.15) is 11.6 Å². The second-order valence-corrected chi connectivity index (χ2v) is 3.76. The predicted molar refractivity (Wildman–Crippen MR) is 65.2 cm³/mol. The van der Waals surface area contributed by atoms with Gasteiger partial charge in [-0.2, -0.15) is 0 Å². The van der Waals surface area contributed by atoms with Gasteiger partial charge < -0.3 is 15.8 Å². The molecule has 2 rings (SSSR count). The number of hydrogen-bond acceptors (Lipinski definition) is 4. The third kappa shape index (κ3) is 2.96. The van der Waals surface area contributed by atoms with E-state index in [0.29, 0.717) is 5.75 Å². The fourth-order valence-corrected chi connectivity index (χ4v) is 1.65. The van der Waals surface area contributed by atoms with Gasteiger partial charge in [-0.05, 0) is 18.6 Å². The minimum absolute atomic E-state index is 0.121. The molecule has 1 heterocycles. The zero-order valence-electron chi connectivity index (χ0n) is 9.48. The maximum absolute atomic E-state index is 10.7. The Balaban J connectivity index is 2.20. The van der Waals surface area contributed by atoms with Crippen LogP contribution in [0, 0.1) is 0 Å². The highest BCUT2D eigenvalue weighted by Crippen LogP contribution is 2.18. The van der Waals surface area contributed by atoms with Crippen molar-refractivity contribution in [1.29, 1.82) is 0 Å². The predicted octanol–water partition coefficient (Wildman–Crippen LogP) is 0.291. The van der Waals surface area contributed by atoms with Gasteiger partial charge in [0.25, 0.3) is 5.91 Å². The van der Waals surface area contributed by atoms with Crippen molar-refractivity contribution in [2.75, 3.05) is 19.7 Å². The lowest BCUT2D eigenvalue weighted by molar-refractivity contribution is -0.119. The number of para-hydroxylation sites is 1. The van der Waals surface area contributed by atoms with Crippen LogP contribution in [0.15, 0.2) is 29.3 Å². The standard InChI is InChI=1S/C12H15N3O2/c13-11(16)8-17-10-5-2-1-4-9(10)12-14-6-3-7-15-12/h1-2,4-5H,3,6-8H2,(H2,13,16)(H,14,15). The number of nitrogens with zero attached hydrogens (tertiary/aromatic N) is 1. The topological polar surface area (TPSA) is 76.7 Å². The van der Waals surface area contributed by atoms with E-state index in [9.17, 15) is 4.79 Å². The lowest BCUT2D eigenvalue weighted by atomic mass is 10.1. The first-order valence-corrected chi connectivity index (χ1v) is 5.56. The smallest absolute Gasteiger partial charge is 0.255 e. The maximum Gasteiger partial charge on any atom is 0.255 e. The van der Waals surface area contributed by atoms with E-state index in [0.717, 1.165) is 30.9 Å². The third-order valence-electron chi connectivity index (χ3n) is 2.41. The number of carbonyl (C=O) groups is 1. The summed E-state index contributed by atoms with van der Waals surface area (Å²) < 4.78 is 5.36. The van der Waals surface area contributed by atoms with E-state index in [-0.39, 0.29) is 6.61 Å². The average Bonchev–Trinajstić information content (AvgIpc) is 2.38. The first-order valence-electron chi connectivity index (χ1n) is 5.56. The summed E-state index contributed by atoms with van der Waals surface area (Å²) in [6.45, 7) is 1.60. The number of amides is 1. The van der Waals surface area contributed by atoms with E-state index in [1.807, 2.05) is 18.2 Å². The quantitative estimate of drug-likeness (QED) is 0.784. The molecular formula is C12H15N3O2. The molecule has 0 saturated carbocycles. The largest absolute Gasteiger partial charge is 0.483 e. The van der Waals surface area contributed by atoms with Crippen molar-refractivity contribution < 1.29 is 9.53 Å². The van der Waals surface area contributed by atoms with Crippen molar-refractivity contribution in [3.63, 3.8) is 0 Å². The molecule has 0 bridgehead atoms. The molecule has 1 amide bonds. The fourth-order valence-electron chi connectivity index (χ4n) is 1.65. The summed E-state index contributed by atoms with van der Waals surface area (Å²) in [7, 11) is 0. The van der Waals surface area contributed by atoms with Crippen LogP contribution in [0.1, 0.15) is 12.0 Å². The summed E-state index contributed by atoms with van der Waals surface area (Å²) in [6.07, 6.45) is 1.04. The van der Waals surface area contributed by atoms with Crippen molar-refractivity contribution in [1.82, 2.24) is 5.32 Å². The molecule has 1 aliphatic heterocycles. The van der Waals surface area contributed by atoms with Crippen LogP contribution >= 0.6 is 0 Å². The second-order valence-electron chi connectivity index (χ2n) is 3.76. The molecule has 0 spiro atoms. The van der Waals surface area contributed by atoms with Gasteiger partial charge in [-0.15, -0.1) is 0 Å². The van der Waals surface area contributed by atoms with Crippen LogP contribution in [0.5, 0.6) is 5.75 Å². The van der Waals surface area contributed by atoms with Gasteiger partial charge in [-0.1, -0.05) is 12.1 Å². The lowest BCUT2D eigenvalue weighted by Crippen LogP contribution is -2.31. The molecule has 0 aliphatic carbocycles. The van der Waals surface area contributed by atoms with E-state index >= 15 is 0 Å². The molecule has 0 saturated heterocycles. The van der Waals surface area contributed by atoms with E-state index in [2.05, 4.69) is 10.3 Å². The van der Waals surface area contributed by atoms with Crippen LogP contribution in [0.2, 0.25) is 0 Å². The Morgan fingerprint density at radius 2 is 2.29 bits per heavy atom. The SMILES string of the molecule is NC(=O)COc1ccccc1C1=NCCCN1. The number of hydrogen-bond donors (Lipinski definition) is 2. The van der Waals surface area contributed by atoms with E-state index < -0.39 is 5.91 Å². The normalized spacial score (nSPS) is 14.7. The van der Waals surface area contributed by atoms with Crippen molar-refractivity contribution >= 4 is 11.7 Å². The minimum Gasteiger partial charge on any atom is -0.483 e. The number of primary amides is 1. The molecule has 0 fully saturated rings. The number of nitrogens with one attached hydrogen (secondary N) is 1. The number of aliphatic imine (C=N–C) groups is 1. The molecule has 1 aliphatic rings. The number of nitrogens with two attached hydrogens (primary N) is 1. The number of rotatable bonds is 4. The Kier molecular flexibility index (Phi) is 3.59. The van der Waals surface area contributed by atoms with E-state index in [1.54, 1.807) is 6.07 Å². The molecule has 1 aromatic rings. The lowest BCUT2D eigenvalue weighted by Gasteiger charge is -2.17. The first-order chi connectivity index (χ1) is 8.27. The average molecular weight is 233 g/mol. The van der Waals surface area contributed by atoms with Crippen LogP contribution < -0.4 is 15.8 Å². The highest BCUT2D eigenvalue weighted by atomic mass is 16.5. The zero-order valence-corrected chi connectivity index (χ0v) is 9.48. The third-order valence-corrected chi connectivity index (χ3v) is 2.41. The van der Waals surface area contributed by atoms with Crippen molar-refractivity contribution in [3.05, 3.63) is 29.8 Å². The minimum atomic E-state index is -0.488. The number of ether oxygens (including phenoxy) is 1. The summed E-state index contributed by atoms with van der Waals surface area (Å²) >= 11 is 0. The zero-order chi connectivity index (χ0) is 12.1. The van der Waals surface area contributed by atoms with Crippen molar-refractivity contribution in [3.8, 4) is 5.75 Å². The Labute approximate surface area is 99.7 Å². The van der Waals surface area contributed by atoms with Gasteiger partial charge >= 0.3 is 0 Å². The molecule has 90 valence electrons. The van der Waals surface area contributed by atoms with E-state index in [1.165, 1.54) is 0 Å². The Bertz CT molecular complexity index is 443. The Morgan fingerprint density at radius 1 is 1.47 bits per heavy atom. The second kappa shape index (κ2) is 5.34. The number of carbonyl (C=O) groups excluding carboxylic acids is 1. The molecule has 1 aromatic carbocycles. The summed E-state index contributed by atoms with van der Waals surface area (Å²) in [5.41, 5.74) is 5.93. The van der Waals surface area contributed by atoms with Gasteiger partial charge in [0.2, 0.25) is 0 Å². The molecule has 0 radical (unpaired) electrons. The molecule has 0 atom stereocenters. The monoisotopic (exact) mass is 233 g/mol. The maximum atomic E-state index is 10.7. The molecule has 0 unspecified atom stereocenters. The summed E-state index contributed by atoms with van der Waals surface area (Å²) in [6, 6.07) is 7.47. The van der Waals surface area contributed by atoms with Crippen LogP contribution in [0.3, 0.4) is 0 Å². The summed E-state index contributed by atoms with van der Waals surface area (Å²) in [5.74, 6) is 0.953. The summed E-state index contributed by atoms with van der Waals surface area (Å²) in [4.78, 5) is 15.1. The van der Waals surface area contributed by atoms with Gasteiger partial charge in [-0.25, -0.2) is 0 Å².